The van der Waals surface area contributed by atoms with Crippen molar-refractivity contribution < 1.29 is 9.53 Å². The van der Waals surface area contributed by atoms with Crippen molar-refractivity contribution in [3.05, 3.63) is 64.4 Å². The number of aromatic nitrogens is 1. The van der Waals surface area contributed by atoms with E-state index < -0.39 is 0 Å². The summed E-state index contributed by atoms with van der Waals surface area (Å²) in [6, 6.07) is 11.0. The van der Waals surface area contributed by atoms with Gasteiger partial charge in [0.2, 0.25) is 0 Å². The van der Waals surface area contributed by atoms with Gasteiger partial charge in [-0.25, -0.2) is 4.98 Å². The summed E-state index contributed by atoms with van der Waals surface area (Å²) < 4.78 is 5.14. The molecule has 0 aliphatic heterocycles. The number of hydrogen-bond acceptors (Lipinski definition) is 3. The summed E-state index contributed by atoms with van der Waals surface area (Å²) >= 11 is 5.76. The number of carbonyl (C=O) groups is 1. The highest BCUT2D eigenvalue weighted by atomic mass is 35.5. The Hall–Kier alpha value is -1.91. The van der Waals surface area contributed by atoms with Gasteiger partial charge < -0.3 is 10.1 Å². The minimum Gasteiger partial charge on any atom is -0.380 e. The normalized spacial score (nSPS) is 10.3. The van der Waals surface area contributed by atoms with Crippen LogP contribution in [0.2, 0.25) is 5.15 Å². The Morgan fingerprint density at radius 1 is 1.30 bits per heavy atom. The Morgan fingerprint density at radius 3 is 2.75 bits per heavy atom. The molecule has 1 aromatic carbocycles. The third-order valence-electron chi connectivity index (χ3n) is 2.85. The van der Waals surface area contributed by atoms with E-state index in [0.717, 1.165) is 11.1 Å². The molecule has 0 saturated carbocycles. The first-order valence-electron chi connectivity index (χ1n) is 6.16. The highest BCUT2D eigenvalue weighted by molar-refractivity contribution is 6.29. The van der Waals surface area contributed by atoms with Crippen LogP contribution in [0.25, 0.3) is 0 Å². The minimum atomic E-state index is -0.179. The molecule has 20 heavy (non-hydrogen) atoms. The number of methoxy groups -OCH3 is 1. The molecular formula is C15H15ClN2O2. The van der Waals surface area contributed by atoms with E-state index in [1.54, 1.807) is 13.2 Å². The summed E-state index contributed by atoms with van der Waals surface area (Å²) in [6.07, 6.45) is 1.51. The molecule has 1 heterocycles. The molecule has 104 valence electrons. The highest BCUT2D eigenvalue weighted by Crippen LogP contribution is 2.11. The maximum atomic E-state index is 12.0. The van der Waals surface area contributed by atoms with Crippen LogP contribution in [0.3, 0.4) is 0 Å². The van der Waals surface area contributed by atoms with Gasteiger partial charge in [0.05, 0.1) is 6.61 Å². The second-order valence-corrected chi connectivity index (χ2v) is 4.64. The summed E-state index contributed by atoms with van der Waals surface area (Å²) in [6.45, 7) is 0.964. The molecule has 1 N–H and O–H groups in total. The molecule has 0 saturated heterocycles. The van der Waals surface area contributed by atoms with Crippen molar-refractivity contribution in [1.29, 1.82) is 0 Å². The lowest BCUT2D eigenvalue weighted by molar-refractivity contribution is 0.0950. The molecular weight excluding hydrogens is 276 g/mol. The van der Waals surface area contributed by atoms with Gasteiger partial charge in [0.15, 0.2) is 0 Å². The van der Waals surface area contributed by atoms with Gasteiger partial charge in [-0.2, -0.15) is 0 Å². The Kier molecular flexibility index (Phi) is 5.09. The van der Waals surface area contributed by atoms with Gasteiger partial charge in [-0.05, 0) is 23.3 Å². The van der Waals surface area contributed by atoms with Crippen molar-refractivity contribution in [2.45, 2.75) is 13.2 Å². The van der Waals surface area contributed by atoms with E-state index >= 15 is 0 Å². The van der Waals surface area contributed by atoms with Gasteiger partial charge in [0, 0.05) is 25.4 Å². The van der Waals surface area contributed by atoms with Crippen molar-refractivity contribution in [3.63, 3.8) is 0 Å². The number of benzene rings is 1. The number of amides is 1. The second-order valence-electron chi connectivity index (χ2n) is 4.25. The van der Waals surface area contributed by atoms with Crippen LogP contribution in [0.5, 0.6) is 0 Å². The summed E-state index contributed by atoms with van der Waals surface area (Å²) in [4.78, 5) is 15.9. The van der Waals surface area contributed by atoms with Crippen LogP contribution in [0.1, 0.15) is 21.5 Å². The van der Waals surface area contributed by atoms with Gasteiger partial charge >= 0.3 is 0 Å². The van der Waals surface area contributed by atoms with E-state index in [4.69, 9.17) is 16.3 Å². The van der Waals surface area contributed by atoms with Crippen LogP contribution < -0.4 is 5.32 Å². The Bertz CT molecular complexity index is 602. The molecule has 0 spiro atoms. The van der Waals surface area contributed by atoms with Gasteiger partial charge in [-0.1, -0.05) is 35.9 Å². The summed E-state index contributed by atoms with van der Waals surface area (Å²) in [5, 5.41) is 3.16. The van der Waals surface area contributed by atoms with Gasteiger partial charge in [0.1, 0.15) is 5.15 Å². The number of nitrogens with one attached hydrogen (secondary N) is 1. The standard InChI is InChI=1S/C15H15ClN2O2/c1-20-10-13-5-3-2-4-12(13)9-18-15(19)11-6-7-17-14(16)8-11/h2-8H,9-10H2,1H3,(H,18,19). The zero-order valence-electron chi connectivity index (χ0n) is 11.1. The second kappa shape index (κ2) is 7.03. The Labute approximate surface area is 122 Å². The van der Waals surface area contributed by atoms with E-state index in [0.29, 0.717) is 23.9 Å². The van der Waals surface area contributed by atoms with Gasteiger partial charge in [-0.3, -0.25) is 4.79 Å². The van der Waals surface area contributed by atoms with E-state index in [2.05, 4.69) is 10.3 Å². The Balaban J connectivity index is 2.03. The largest absolute Gasteiger partial charge is 0.380 e. The van der Waals surface area contributed by atoms with Crippen LogP contribution >= 0.6 is 11.6 Å². The third-order valence-corrected chi connectivity index (χ3v) is 3.05. The fraction of sp³-hybridized carbons (Fsp3) is 0.200. The summed E-state index contributed by atoms with van der Waals surface area (Å²) in [7, 11) is 1.65. The number of ether oxygens (including phenoxy) is 1. The van der Waals surface area contributed by atoms with E-state index in [-0.39, 0.29) is 5.91 Å². The molecule has 2 rings (SSSR count). The first-order chi connectivity index (χ1) is 9.70. The molecule has 0 aliphatic rings. The minimum absolute atomic E-state index is 0.179. The average molecular weight is 291 g/mol. The number of hydrogen-bond donors (Lipinski definition) is 1. The van der Waals surface area contributed by atoms with Crippen LogP contribution in [-0.4, -0.2) is 18.0 Å². The third kappa shape index (κ3) is 3.79. The molecule has 0 aliphatic carbocycles. The molecule has 0 unspecified atom stereocenters. The first-order valence-corrected chi connectivity index (χ1v) is 6.54. The number of pyridine rings is 1. The van der Waals surface area contributed by atoms with Crippen molar-refractivity contribution in [2.24, 2.45) is 0 Å². The lowest BCUT2D eigenvalue weighted by atomic mass is 10.1. The molecule has 2 aromatic rings. The predicted octanol–water partition coefficient (Wildman–Crippen LogP) is 2.81. The summed E-state index contributed by atoms with van der Waals surface area (Å²) in [5.74, 6) is -0.179. The molecule has 0 bridgehead atoms. The molecule has 4 nitrogen and oxygen atoms in total. The number of halogens is 1. The van der Waals surface area contributed by atoms with Crippen molar-refractivity contribution in [2.75, 3.05) is 7.11 Å². The van der Waals surface area contributed by atoms with Gasteiger partial charge in [0.25, 0.3) is 5.91 Å². The molecule has 1 aromatic heterocycles. The average Bonchev–Trinajstić information content (AvgIpc) is 2.46. The maximum absolute atomic E-state index is 12.0. The number of nitrogens with zero attached hydrogens (tertiary/aromatic N) is 1. The SMILES string of the molecule is COCc1ccccc1CNC(=O)c1ccnc(Cl)c1. The van der Waals surface area contributed by atoms with Crippen LogP contribution in [0.15, 0.2) is 42.6 Å². The smallest absolute Gasteiger partial charge is 0.251 e. The highest BCUT2D eigenvalue weighted by Gasteiger charge is 2.07. The molecule has 0 fully saturated rings. The number of carbonyl (C=O) groups excluding carboxylic acids is 1. The van der Waals surface area contributed by atoms with Crippen molar-refractivity contribution >= 4 is 17.5 Å². The number of rotatable bonds is 5. The lowest BCUT2D eigenvalue weighted by Crippen LogP contribution is -2.23. The Morgan fingerprint density at radius 2 is 2.05 bits per heavy atom. The quantitative estimate of drug-likeness (QED) is 0.862. The van der Waals surface area contributed by atoms with E-state index in [1.165, 1.54) is 12.3 Å². The lowest BCUT2D eigenvalue weighted by Gasteiger charge is -2.10. The van der Waals surface area contributed by atoms with Gasteiger partial charge in [-0.15, -0.1) is 0 Å². The zero-order valence-corrected chi connectivity index (χ0v) is 11.9. The summed E-state index contributed by atoms with van der Waals surface area (Å²) in [5.41, 5.74) is 2.58. The van der Waals surface area contributed by atoms with E-state index in [1.807, 2.05) is 24.3 Å². The topological polar surface area (TPSA) is 51.2 Å². The van der Waals surface area contributed by atoms with Crippen LogP contribution in [0.4, 0.5) is 0 Å². The van der Waals surface area contributed by atoms with Crippen molar-refractivity contribution in [1.82, 2.24) is 10.3 Å². The predicted molar refractivity (Wildman–Crippen MR) is 77.6 cm³/mol. The molecule has 0 radical (unpaired) electrons. The van der Waals surface area contributed by atoms with E-state index in [9.17, 15) is 4.79 Å². The fourth-order valence-electron chi connectivity index (χ4n) is 1.85. The zero-order chi connectivity index (χ0) is 14.4. The molecule has 5 heteroatoms. The fourth-order valence-corrected chi connectivity index (χ4v) is 2.02. The van der Waals surface area contributed by atoms with Crippen molar-refractivity contribution in [3.8, 4) is 0 Å². The first kappa shape index (κ1) is 14.5. The molecule has 0 atom stereocenters. The maximum Gasteiger partial charge on any atom is 0.251 e. The molecule has 1 amide bonds. The monoisotopic (exact) mass is 290 g/mol. The van der Waals surface area contributed by atoms with Crippen LogP contribution in [-0.2, 0) is 17.9 Å². The van der Waals surface area contributed by atoms with Crippen LogP contribution in [0, 0.1) is 0 Å².